The first-order valence-electron chi connectivity index (χ1n) is 7.42. The molecule has 23 heavy (non-hydrogen) atoms. The minimum absolute atomic E-state index is 0.186. The van der Waals surface area contributed by atoms with E-state index in [1.54, 1.807) is 24.3 Å². The molecule has 0 bridgehead atoms. The number of primary amides is 1. The van der Waals surface area contributed by atoms with Gasteiger partial charge in [0.2, 0.25) is 11.8 Å². The van der Waals surface area contributed by atoms with Crippen LogP contribution in [0.5, 0.6) is 0 Å². The Morgan fingerprint density at radius 1 is 1.04 bits per heavy atom. The number of benzene rings is 2. The van der Waals surface area contributed by atoms with Gasteiger partial charge in [-0.3, -0.25) is 14.5 Å². The van der Waals surface area contributed by atoms with Crippen molar-refractivity contribution in [2.45, 2.75) is 12.6 Å². The Balaban J connectivity index is 1.93. The average Bonchev–Trinajstić information content (AvgIpc) is 2.54. The number of hydrogen-bond acceptors (Lipinski definition) is 3. The van der Waals surface area contributed by atoms with E-state index in [4.69, 9.17) is 5.73 Å². The molecule has 5 heteroatoms. The zero-order valence-corrected chi connectivity index (χ0v) is 13.1. The van der Waals surface area contributed by atoms with E-state index < -0.39 is 11.9 Å². The fourth-order valence-electron chi connectivity index (χ4n) is 2.37. The zero-order valence-electron chi connectivity index (χ0n) is 13.1. The maximum absolute atomic E-state index is 12.2. The molecule has 0 aliphatic rings. The number of likely N-dealkylation sites (N-methyl/N-ethyl adjacent to an activating group) is 1. The first-order chi connectivity index (χ1) is 11.1. The number of carbonyl (C=O) groups excluding carboxylic acids is 2. The fraction of sp³-hybridized carbons (Fsp3) is 0.222. The van der Waals surface area contributed by atoms with Gasteiger partial charge in [0.15, 0.2) is 0 Å². The minimum atomic E-state index is -0.811. The van der Waals surface area contributed by atoms with E-state index in [1.807, 2.05) is 48.3 Å². The second kappa shape index (κ2) is 8.10. The van der Waals surface area contributed by atoms with E-state index in [-0.39, 0.29) is 12.5 Å². The molecule has 0 aromatic heterocycles. The maximum Gasteiger partial charge on any atom is 0.244 e. The first-order valence-corrected chi connectivity index (χ1v) is 7.42. The van der Waals surface area contributed by atoms with Gasteiger partial charge < -0.3 is 11.1 Å². The van der Waals surface area contributed by atoms with Crippen LogP contribution >= 0.6 is 0 Å². The number of carbonyl (C=O) groups is 2. The second-order valence-electron chi connectivity index (χ2n) is 5.47. The van der Waals surface area contributed by atoms with Crippen LogP contribution in [-0.4, -0.2) is 30.3 Å². The largest absolute Gasteiger partial charge is 0.368 e. The lowest BCUT2D eigenvalue weighted by Crippen LogP contribution is -2.41. The van der Waals surface area contributed by atoms with E-state index >= 15 is 0 Å². The van der Waals surface area contributed by atoms with Crippen molar-refractivity contribution >= 4 is 11.8 Å². The van der Waals surface area contributed by atoms with Crippen molar-refractivity contribution in [3.8, 4) is 0 Å². The van der Waals surface area contributed by atoms with E-state index in [0.29, 0.717) is 12.1 Å². The summed E-state index contributed by atoms with van der Waals surface area (Å²) in [6.45, 7) is 0.840. The number of amides is 2. The molecule has 2 rings (SSSR count). The molecule has 2 amide bonds. The van der Waals surface area contributed by atoms with Gasteiger partial charge in [0.25, 0.3) is 0 Å². The van der Waals surface area contributed by atoms with Crippen LogP contribution < -0.4 is 11.1 Å². The molecule has 2 aromatic carbocycles. The summed E-state index contributed by atoms with van der Waals surface area (Å²) in [6.07, 6.45) is 0. The summed E-state index contributed by atoms with van der Waals surface area (Å²) in [5.74, 6) is -0.814. The lowest BCUT2D eigenvalue weighted by molar-refractivity contribution is -0.128. The molecule has 0 spiro atoms. The van der Waals surface area contributed by atoms with Gasteiger partial charge >= 0.3 is 0 Å². The van der Waals surface area contributed by atoms with Crippen LogP contribution in [0.1, 0.15) is 17.2 Å². The molecule has 0 fully saturated rings. The Kier molecular flexibility index (Phi) is 5.88. The quantitative estimate of drug-likeness (QED) is 0.813. The molecule has 0 radical (unpaired) electrons. The third-order valence-corrected chi connectivity index (χ3v) is 3.43. The summed E-state index contributed by atoms with van der Waals surface area (Å²) in [4.78, 5) is 25.7. The van der Waals surface area contributed by atoms with Crippen molar-refractivity contribution in [3.05, 3.63) is 71.8 Å². The Morgan fingerprint density at radius 3 is 2.17 bits per heavy atom. The number of nitrogens with two attached hydrogens (primary N) is 1. The molecule has 1 unspecified atom stereocenters. The molecule has 5 nitrogen and oxygen atoms in total. The Hall–Kier alpha value is -2.66. The minimum Gasteiger partial charge on any atom is -0.368 e. The average molecular weight is 311 g/mol. The number of nitrogens with zero attached hydrogens (tertiary/aromatic N) is 1. The SMILES string of the molecule is CN(CC(=O)NC(C(N)=O)c1ccccc1)Cc1ccccc1. The van der Waals surface area contributed by atoms with Crippen molar-refractivity contribution in [2.24, 2.45) is 5.73 Å². The normalized spacial score (nSPS) is 11.9. The van der Waals surface area contributed by atoms with Gasteiger partial charge in [0.1, 0.15) is 6.04 Å². The van der Waals surface area contributed by atoms with Gasteiger partial charge in [-0.25, -0.2) is 0 Å². The summed E-state index contributed by atoms with van der Waals surface area (Å²) in [5.41, 5.74) is 7.21. The lowest BCUT2D eigenvalue weighted by Gasteiger charge is -2.20. The zero-order chi connectivity index (χ0) is 16.7. The highest BCUT2D eigenvalue weighted by molar-refractivity contribution is 5.88. The van der Waals surface area contributed by atoms with E-state index in [0.717, 1.165) is 5.56 Å². The molecule has 0 saturated heterocycles. The highest BCUT2D eigenvalue weighted by Crippen LogP contribution is 2.12. The van der Waals surface area contributed by atoms with Crippen LogP contribution in [0.4, 0.5) is 0 Å². The van der Waals surface area contributed by atoms with Gasteiger partial charge in [0, 0.05) is 6.54 Å². The highest BCUT2D eigenvalue weighted by Gasteiger charge is 2.20. The van der Waals surface area contributed by atoms with Crippen molar-refractivity contribution in [2.75, 3.05) is 13.6 Å². The smallest absolute Gasteiger partial charge is 0.244 e. The molecule has 2 aromatic rings. The summed E-state index contributed by atoms with van der Waals surface area (Å²) in [6, 6.07) is 18.1. The van der Waals surface area contributed by atoms with E-state index in [2.05, 4.69) is 5.32 Å². The summed E-state index contributed by atoms with van der Waals surface area (Å²) in [7, 11) is 1.86. The molecule has 0 saturated carbocycles. The molecule has 120 valence electrons. The van der Waals surface area contributed by atoms with Crippen molar-refractivity contribution in [3.63, 3.8) is 0 Å². The fourth-order valence-corrected chi connectivity index (χ4v) is 2.37. The third-order valence-electron chi connectivity index (χ3n) is 3.43. The van der Waals surface area contributed by atoms with Crippen LogP contribution in [0, 0.1) is 0 Å². The number of rotatable bonds is 7. The summed E-state index contributed by atoms with van der Waals surface area (Å²) >= 11 is 0. The molecule has 1 atom stereocenters. The molecular formula is C18H21N3O2. The monoisotopic (exact) mass is 311 g/mol. The standard InChI is InChI=1S/C18H21N3O2/c1-21(12-14-8-4-2-5-9-14)13-16(22)20-17(18(19)23)15-10-6-3-7-11-15/h2-11,17H,12-13H2,1H3,(H2,19,23)(H,20,22). The van der Waals surface area contributed by atoms with Gasteiger partial charge in [0.05, 0.1) is 6.54 Å². The van der Waals surface area contributed by atoms with Crippen LogP contribution in [0.25, 0.3) is 0 Å². The van der Waals surface area contributed by atoms with Crippen LogP contribution in [0.3, 0.4) is 0 Å². The number of hydrogen-bond donors (Lipinski definition) is 2. The molecule has 0 heterocycles. The van der Waals surface area contributed by atoms with Crippen molar-refractivity contribution < 1.29 is 9.59 Å². The Labute approximate surface area is 136 Å². The van der Waals surface area contributed by atoms with Gasteiger partial charge in [-0.15, -0.1) is 0 Å². The van der Waals surface area contributed by atoms with Gasteiger partial charge in [-0.1, -0.05) is 60.7 Å². The molecule has 3 N–H and O–H groups in total. The third kappa shape index (κ3) is 5.23. The summed E-state index contributed by atoms with van der Waals surface area (Å²) < 4.78 is 0. The van der Waals surface area contributed by atoms with Crippen LogP contribution in [0.15, 0.2) is 60.7 Å². The van der Waals surface area contributed by atoms with Crippen LogP contribution in [-0.2, 0) is 16.1 Å². The van der Waals surface area contributed by atoms with Gasteiger partial charge in [-0.2, -0.15) is 0 Å². The Bertz CT molecular complexity index is 644. The topological polar surface area (TPSA) is 75.4 Å². The van der Waals surface area contributed by atoms with Crippen molar-refractivity contribution in [1.29, 1.82) is 0 Å². The molecular weight excluding hydrogens is 290 g/mol. The number of nitrogens with one attached hydrogen (secondary N) is 1. The maximum atomic E-state index is 12.2. The van der Waals surface area contributed by atoms with Crippen molar-refractivity contribution in [1.82, 2.24) is 10.2 Å². The predicted molar refractivity (Wildman–Crippen MR) is 89.3 cm³/mol. The lowest BCUT2D eigenvalue weighted by atomic mass is 10.1. The first kappa shape index (κ1) is 16.7. The highest BCUT2D eigenvalue weighted by atomic mass is 16.2. The predicted octanol–water partition coefficient (Wildman–Crippen LogP) is 1.46. The van der Waals surface area contributed by atoms with E-state index in [1.165, 1.54) is 0 Å². The summed E-state index contributed by atoms with van der Waals surface area (Å²) in [5, 5.41) is 2.69. The van der Waals surface area contributed by atoms with Gasteiger partial charge in [-0.05, 0) is 18.2 Å². The second-order valence-corrected chi connectivity index (χ2v) is 5.47. The van der Waals surface area contributed by atoms with Crippen LogP contribution in [0.2, 0.25) is 0 Å². The Morgan fingerprint density at radius 2 is 1.61 bits per heavy atom. The molecule has 0 aliphatic carbocycles. The van der Waals surface area contributed by atoms with E-state index in [9.17, 15) is 9.59 Å². The molecule has 0 aliphatic heterocycles.